The Kier molecular flexibility index (Phi) is 8.58. The number of nitrogens with one attached hydrogen (secondary N) is 1. The van der Waals surface area contributed by atoms with Gasteiger partial charge in [-0.1, -0.05) is 47.7 Å². The Labute approximate surface area is 224 Å². The highest BCUT2D eigenvalue weighted by atomic mass is 32.2. The topological polar surface area (TPSA) is 86.1 Å². The van der Waals surface area contributed by atoms with Gasteiger partial charge in [0, 0.05) is 33.6 Å². The Morgan fingerprint density at radius 2 is 1.84 bits per heavy atom. The lowest BCUT2D eigenvalue weighted by Gasteiger charge is -2.10. The molecule has 0 spiro atoms. The fourth-order valence-corrected chi connectivity index (χ4v) is 5.43. The SMILES string of the molecule is C=CCn1c(SCC(=O)Nc2ccc(C(=O)OCC)cc2)nnc1-c1csc(C)c1-c1ccc(C)cc1. The highest BCUT2D eigenvalue weighted by molar-refractivity contribution is 7.99. The van der Waals surface area contributed by atoms with Crippen molar-refractivity contribution in [2.45, 2.75) is 32.5 Å². The van der Waals surface area contributed by atoms with Gasteiger partial charge in [0.2, 0.25) is 5.91 Å². The first-order valence-electron chi connectivity index (χ1n) is 11.8. The maximum Gasteiger partial charge on any atom is 0.338 e. The average molecular weight is 533 g/mol. The predicted molar refractivity (Wildman–Crippen MR) is 150 cm³/mol. The van der Waals surface area contributed by atoms with Crippen LogP contribution in [0.4, 0.5) is 5.69 Å². The van der Waals surface area contributed by atoms with Gasteiger partial charge in [-0.25, -0.2) is 4.79 Å². The van der Waals surface area contributed by atoms with Gasteiger partial charge in [0.15, 0.2) is 11.0 Å². The van der Waals surface area contributed by atoms with E-state index in [-0.39, 0.29) is 17.6 Å². The maximum atomic E-state index is 12.6. The molecule has 1 amide bonds. The molecule has 0 aliphatic heterocycles. The van der Waals surface area contributed by atoms with Gasteiger partial charge in [-0.2, -0.15) is 0 Å². The van der Waals surface area contributed by atoms with E-state index in [2.05, 4.69) is 65.6 Å². The first kappa shape index (κ1) is 26.4. The molecule has 0 atom stereocenters. The molecular formula is C28H28N4O3S2. The highest BCUT2D eigenvalue weighted by Crippen LogP contribution is 2.39. The molecule has 4 rings (SSSR count). The van der Waals surface area contributed by atoms with Crippen molar-refractivity contribution in [2.24, 2.45) is 0 Å². The second kappa shape index (κ2) is 12.0. The number of hydrogen-bond acceptors (Lipinski definition) is 7. The van der Waals surface area contributed by atoms with Crippen molar-refractivity contribution in [2.75, 3.05) is 17.7 Å². The van der Waals surface area contributed by atoms with E-state index in [9.17, 15) is 9.59 Å². The van der Waals surface area contributed by atoms with Crippen LogP contribution in [0.2, 0.25) is 0 Å². The first-order chi connectivity index (χ1) is 17.9. The number of aromatic nitrogens is 3. The normalized spacial score (nSPS) is 10.8. The lowest BCUT2D eigenvalue weighted by molar-refractivity contribution is -0.113. The molecule has 0 saturated carbocycles. The number of thiophene rings is 1. The number of aryl methyl sites for hydroxylation is 2. The first-order valence-corrected chi connectivity index (χ1v) is 13.7. The zero-order chi connectivity index (χ0) is 26.4. The van der Waals surface area contributed by atoms with Crippen LogP contribution in [-0.2, 0) is 16.1 Å². The van der Waals surface area contributed by atoms with E-state index in [1.54, 1.807) is 48.6 Å². The number of nitrogens with zero attached hydrogens (tertiary/aromatic N) is 3. The van der Waals surface area contributed by atoms with Crippen molar-refractivity contribution < 1.29 is 14.3 Å². The Hall–Kier alpha value is -3.69. The molecule has 1 N–H and O–H groups in total. The van der Waals surface area contributed by atoms with Gasteiger partial charge >= 0.3 is 5.97 Å². The fraction of sp³-hybridized carbons (Fsp3) is 0.214. The van der Waals surface area contributed by atoms with Gasteiger partial charge in [0.25, 0.3) is 0 Å². The number of carbonyl (C=O) groups is 2. The molecular weight excluding hydrogens is 504 g/mol. The summed E-state index contributed by atoms with van der Waals surface area (Å²) in [6.07, 6.45) is 1.80. The van der Waals surface area contributed by atoms with Gasteiger partial charge in [0.1, 0.15) is 0 Å². The molecule has 0 fully saturated rings. The van der Waals surface area contributed by atoms with Crippen molar-refractivity contribution in [3.8, 4) is 22.5 Å². The monoisotopic (exact) mass is 532 g/mol. The Morgan fingerprint density at radius 1 is 1.11 bits per heavy atom. The van der Waals surface area contributed by atoms with Crippen LogP contribution >= 0.6 is 23.1 Å². The number of benzene rings is 2. The fourth-order valence-electron chi connectivity index (χ4n) is 3.82. The van der Waals surface area contributed by atoms with Gasteiger partial charge in [-0.05, 0) is 50.6 Å². The number of allylic oxidation sites excluding steroid dienone is 1. The minimum atomic E-state index is -0.389. The molecule has 0 aliphatic rings. The molecule has 0 radical (unpaired) electrons. The third-order valence-corrected chi connectivity index (χ3v) is 7.47. The number of esters is 1. The number of thioether (sulfide) groups is 1. The molecule has 0 unspecified atom stereocenters. The second-order valence-electron chi connectivity index (χ2n) is 8.29. The Bertz CT molecular complexity index is 1410. The number of carbonyl (C=O) groups excluding carboxylic acids is 2. The van der Waals surface area contributed by atoms with Crippen molar-refractivity contribution in [1.82, 2.24) is 14.8 Å². The van der Waals surface area contributed by atoms with Crippen LogP contribution < -0.4 is 5.32 Å². The maximum absolute atomic E-state index is 12.6. The summed E-state index contributed by atoms with van der Waals surface area (Å²) in [4.78, 5) is 25.6. The molecule has 2 aromatic heterocycles. The van der Waals surface area contributed by atoms with Crippen LogP contribution in [0.3, 0.4) is 0 Å². The van der Waals surface area contributed by atoms with Crippen molar-refractivity contribution in [3.63, 3.8) is 0 Å². The number of ether oxygens (including phenoxy) is 1. The number of anilines is 1. The number of rotatable bonds is 10. The lowest BCUT2D eigenvalue weighted by atomic mass is 10.0. The van der Waals surface area contributed by atoms with E-state index in [1.165, 1.54) is 22.2 Å². The highest BCUT2D eigenvalue weighted by Gasteiger charge is 2.21. The van der Waals surface area contributed by atoms with Crippen LogP contribution in [0.5, 0.6) is 0 Å². The van der Waals surface area contributed by atoms with E-state index >= 15 is 0 Å². The predicted octanol–water partition coefficient (Wildman–Crippen LogP) is 6.38. The summed E-state index contributed by atoms with van der Waals surface area (Å²) in [6, 6.07) is 15.1. The lowest BCUT2D eigenvalue weighted by Crippen LogP contribution is -2.15. The van der Waals surface area contributed by atoms with Crippen LogP contribution in [-0.4, -0.2) is 39.0 Å². The summed E-state index contributed by atoms with van der Waals surface area (Å²) in [5.41, 5.74) is 5.54. The molecule has 0 bridgehead atoms. The standard InChI is InChI=1S/C28H28N4O3S2/c1-5-15-32-26(23-16-36-19(4)25(23)20-9-7-18(3)8-10-20)30-31-28(32)37-17-24(33)29-22-13-11-21(12-14-22)27(34)35-6-2/h5,7-14,16H,1,6,15,17H2,2-4H3,(H,29,33). The van der Waals surface area contributed by atoms with E-state index in [0.717, 1.165) is 22.5 Å². The van der Waals surface area contributed by atoms with Gasteiger partial charge in [-0.3, -0.25) is 9.36 Å². The van der Waals surface area contributed by atoms with Crippen molar-refractivity contribution in [3.05, 3.63) is 82.6 Å². The molecule has 7 nitrogen and oxygen atoms in total. The van der Waals surface area contributed by atoms with E-state index in [4.69, 9.17) is 4.74 Å². The molecule has 4 aromatic rings. The van der Waals surface area contributed by atoms with Gasteiger partial charge in [-0.15, -0.1) is 28.1 Å². The summed E-state index contributed by atoms with van der Waals surface area (Å²) in [5, 5.41) is 14.5. The smallest absolute Gasteiger partial charge is 0.338 e. The Balaban J connectivity index is 1.49. The van der Waals surface area contributed by atoms with E-state index < -0.39 is 0 Å². The third-order valence-electron chi connectivity index (χ3n) is 5.60. The van der Waals surface area contributed by atoms with Crippen LogP contribution in [0.25, 0.3) is 22.5 Å². The average Bonchev–Trinajstić information content (AvgIpc) is 3.47. The number of amides is 1. The van der Waals surface area contributed by atoms with Gasteiger partial charge < -0.3 is 10.1 Å². The third kappa shape index (κ3) is 6.18. The van der Waals surface area contributed by atoms with E-state index in [1.807, 2.05) is 4.57 Å². The minimum absolute atomic E-state index is 0.155. The molecule has 2 heterocycles. The van der Waals surface area contributed by atoms with Crippen LogP contribution in [0.1, 0.15) is 27.7 Å². The van der Waals surface area contributed by atoms with Crippen molar-refractivity contribution >= 4 is 40.7 Å². The molecule has 190 valence electrons. The second-order valence-corrected chi connectivity index (χ2v) is 10.3. The summed E-state index contributed by atoms with van der Waals surface area (Å²) in [5.74, 6) is 0.329. The Morgan fingerprint density at radius 3 is 2.51 bits per heavy atom. The van der Waals surface area contributed by atoms with Crippen molar-refractivity contribution in [1.29, 1.82) is 0 Å². The zero-order valence-electron chi connectivity index (χ0n) is 21.0. The molecule has 37 heavy (non-hydrogen) atoms. The molecule has 2 aromatic carbocycles. The summed E-state index contributed by atoms with van der Waals surface area (Å²) in [6.45, 7) is 10.7. The molecule has 0 saturated heterocycles. The number of hydrogen-bond donors (Lipinski definition) is 1. The quantitative estimate of drug-likeness (QED) is 0.145. The van der Waals surface area contributed by atoms with Crippen LogP contribution in [0.15, 0.2) is 71.7 Å². The minimum Gasteiger partial charge on any atom is -0.462 e. The summed E-state index contributed by atoms with van der Waals surface area (Å²) in [7, 11) is 0. The van der Waals surface area contributed by atoms with Gasteiger partial charge in [0.05, 0.1) is 17.9 Å². The zero-order valence-corrected chi connectivity index (χ0v) is 22.6. The molecule has 0 aliphatic carbocycles. The summed E-state index contributed by atoms with van der Waals surface area (Å²) >= 11 is 2.99. The van der Waals surface area contributed by atoms with Crippen LogP contribution in [0, 0.1) is 13.8 Å². The summed E-state index contributed by atoms with van der Waals surface area (Å²) < 4.78 is 6.97. The largest absolute Gasteiger partial charge is 0.462 e. The van der Waals surface area contributed by atoms with E-state index in [0.29, 0.717) is 29.6 Å². The molecule has 9 heteroatoms.